The first-order valence-corrected chi connectivity index (χ1v) is 6.76. The largest absolute Gasteiger partial charge is 0.373 e. The minimum Gasteiger partial charge on any atom is -0.373 e. The maximum absolute atomic E-state index is 5.85. The summed E-state index contributed by atoms with van der Waals surface area (Å²) in [5, 5.41) is 3.50. The van der Waals surface area contributed by atoms with Crippen LogP contribution in [-0.4, -0.2) is 27.3 Å². The average molecular weight is 251 g/mol. The van der Waals surface area contributed by atoms with Crippen LogP contribution >= 0.6 is 0 Å². The van der Waals surface area contributed by atoms with Gasteiger partial charge in [-0.25, -0.2) is 4.98 Å². The van der Waals surface area contributed by atoms with Crippen molar-refractivity contribution >= 4 is 0 Å². The molecule has 18 heavy (non-hydrogen) atoms. The summed E-state index contributed by atoms with van der Waals surface area (Å²) in [6, 6.07) is 0. The van der Waals surface area contributed by atoms with Crippen LogP contribution in [0.1, 0.15) is 46.2 Å². The lowest BCUT2D eigenvalue weighted by molar-refractivity contribution is 0.00559. The molecule has 0 aliphatic carbocycles. The molecule has 2 heterocycles. The smallest absolute Gasteiger partial charge is 0.0949 e. The fraction of sp³-hybridized carbons (Fsp3) is 0.786. The summed E-state index contributed by atoms with van der Waals surface area (Å²) in [5.41, 5.74) is 1.33. The number of hydrogen-bond donors (Lipinski definition) is 1. The van der Waals surface area contributed by atoms with E-state index in [9.17, 15) is 0 Å². The van der Waals surface area contributed by atoms with Crippen LogP contribution in [-0.2, 0) is 17.8 Å². The Bertz CT molecular complexity index is 386. The molecule has 4 heteroatoms. The van der Waals surface area contributed by atoms with E-state index >= 15 is 0 Å². The van der Waals surface area contributed by atoms with Crippen LogP contribution in [0.2, 0.25) is 0 Å². The van der Waals surface area contributed by atoms with Gasteiger partial charge >= 0.3 is 0 Å². The van der Waals surface area contributed by atoms with E-state index in [1.165, 1.54) is 12.1 Å². The lowest BCUT2D eigenvalue weighted by atomic mass is 10.0. The van der Waals surface area contributed by atoms with Crippen LogP contribution in [0.15, 0.2) is 12.5 Å². The number of imidazole rings is 1. The molecule has 0 radical (unpaired) electrons. The highest BCUT2D eigenvalue weighted by atomic mass is 16.5. The van der Waals surface area contributed by atoms with Crippen molar-refractivity contribution in [2.75, 3.05) is 6.61 Å². The van der Waals surface area contributed by atoms with Crippen LogP contribution in [0.4, 0.5) is 0 Å². The van der Waals surface area contributed by atoms with E-state index < -0.39 is 0 Å². The van der Waals surface area contributed by atoms with E-state index in [4.69, 9.17) is 4.74 Å². The Labute approximate surface area is 110 Å². The van der Waals surface area contributed by atoms with Crippen LogP contribution < -0.4 is 5.32 Å². The molecule has 1 fully saturated rings. The van der Waals surface area contributed by atoms with Gasteiger partial charge < -0.3 is 14.6 Å². The molecular weight excluding hydrogens is 226 g/mol. The fourth-order valence-corrected chi connectivity index (χ4v) is 2.32. The third-order valence-corrected chi connectivity index (χ3v) is 3.40. The van der Waals surface area contributed by atoms with Crippen LogP contribution in [0, 0.1) is 0 Å². The van der Waals surface area contributed by atoms with Gasteiger partial charge in [0.25, 0.3) is 0 Å². The van der Waals surface area contributed by atoms with Crippen molar-refractivity contribution in [1.29, 1.82) is 0 Å². The predicted molar refractivity (Wildman–Crippen MR) is 72.4 cm³/mol. The Balaban J connectivity index is 1.99. The molecule has 1 atom stereocenters. The molecule has 1 aliphatic heterocycles. The SMILES string of the molecule is CC(C)(C)NCc1cncn1CC1(C)CCCO1. The average Bonchev–Trinajstić information content (AvgIpc) is 2.84. The molecule has 1 unspecified atom stereocenters. The third kappa shape index (κ3) is 3.56. The lowest BCUT2D eigenvalue weighted by Crippen LogP contribution is -2.36. The summed E-state index contributed by atoms with van der Waals surface area (Å²) in [5.74, 6) is 0. The molecule has 0 aromatic carbocycles. The van der Waals surface area contributed by atoms with Crippen LogP contribution in [0.25, 0.3) is 0 Å². The molecule has 0 bridgehead atoms. The first kappa shape index (κ1) is 13.6. The highest BCUT2D eigenvalue weighted by Gasteiger charge is 2.30. The summed E-state index contributed by atoms with van der Waals surface area (Å²) >= 11 is 0. The third-order valence-electron chi connectivity index (χ3n) is 3.40. The number of aromatic nitrogens is 2. The Kier molecular flexibility index (Phi) is 3.78. The van der Waals surface area contributed by atoms with Crippen molar-refractivity contribution in [2.45, 2.75) is 64.8 Å². The van der Waals surface area contributed by atoms with Gasteiger partial charge in [0.15, 0.2) is 0 Å². The van der Waals surface area contributed by atoms with Gasteiger partial charge in [0.2, 0.25) is 0 Å². The van der Waals surface area contributed by atoms with E-state index in [1.54, 1.807) is 0 Å². The summed E-state index contributed by atoms with van der Waals surface area (Å²) in [7, 11) is 0. The minimum atomic E-state index is -0.0167. The number of ether oxygens (including phenoxy) is 1. The summed E-state index contributed by atoms with van der Waals surface area (Å²) < 4.78 is 8.06. The normalized spacial score (nSPS) is 24.7. The summed E-state index contributed by atoms with van der Waals surface area (Å²) in [6.45, 7) is 11.4. The second-order valence-corrected chi connectivity index (χ2v) is 6.52. The predicted octanol–water partition coefficient (Wildman–Crippen LogP) is 2.34. The van der Waals surface area contributed by atoms with Gasteiger partial charge in [0, 0.05) is 24.9 Å². The molecule has 1 aliphatic rings. The molecule has 102 valence electrons. The maximum atomic E-state index is 5.85. The van der Waals surface area contributed by atoms with E-state index in [0.717, 1.165) is 26.1 Å². The van der Waals surface area contributed by atoms with Crippen molar-refractivity contribution < 1.29 is 4.74 Å². The Morgan fingerprint density at radius 2 is 2.28 bits per heavy atom. The van der Waals surface area contributed by atoms with Gasteiger partial charge in [0.05, 0.1) is 24.2 Å². The molecule has 1 aromatic heterocycles. The second-order valence-electron chi connectivity index (χ2n) is 6.52. The quantitative estimate of drug-likeness (QED) is 0.892. The molecule has 1 N–H and O–H groups in total. The van der Waals surface area contributed by atoms with Crippen molar-refractivity contribution in [3.05, 3.63) is 18.2 Å². The number of nitrogens with one attached hydrogen (secondary N) is 1. The van der Waals surface area contributed by atoms with Crippen molar-refractivity contribution in [3.63, 3.8) is 0 Å². The van der Waals surface area contributed by atoms with Gasteiger partial charge in [-0.1, -0.05) is 0 Å². The fourth-order valence-electron chi connectivity index (χ4n) is 2.32. The topological polar surface area (TPSA) is 39.1 Å². The number of hydrogen-bond acceptors (Lipinski definition) is 3. The molecule has 0 saturated carbocycles. The molecule has 4 nitrogen and oxygen atoms in total. The standard InChI is InChI=1S/C14H25N3O/c1-13(2,3)16-9-12-8-15-11-17(12)10-14(4)6-5-7-18-14/h8,11,16H,5-7,9-10H2,1-4H3. The van der Waals surface area contributed by atoms with Crippen LogP contribution in [0.5, 0.6) is 0 Å². The van der Waals surface area contributed by atoms with Crippen LogP contribution in [0.3, 0.4) is 0 Å². The summed E-state index contributed by atoms with van der Waals surface area (Å²) in [6.07, 6.45) is 6.15. The number of rotatable bonds is 4. The molecular formula is C14H25N3O. The van der Waals surface area contributed by atoms with E-state index in [-0.39, 0.29) is 11.1 Å². The van der Waals surface area contributed by atoms with Gasteiger partial charge in [-0.3, -0.25) is 0 Å². The maximum Gasteiger partial charge on any atom is 0.0949 e. The van der Waals surface area contributed by atoms with E-state index in [1.807, 2.05) is 12.5 Å². The Hall–Kier alpha value is -0.870. The zero-order valence-electron chi connectivity index (χ0n) is 12.0. The molecule has 2 rings (SSSR count). The monoisotopic (exact) mass is 251 g/mol. The molecule has 0 amide bonds. The van der Waals surface area contributed by atoms with Gasteiger partial charge in [-0.05, 0) is 40.5 Å². The molecule has 1 saturated heterocycles. The van der Waals surface area contributed by atoms with Crippen molar-refractivity contribution in [2.24, 2.45) is 0 Å². The van der Waals surface area contributed by atoms with Gasteiger partial charge in [-0.15, -0.1) is 0 Å². The first-order chi connectivity index (χ1) is 8.38. The summed E-state index contributed by atoms with van der Waals surface area (Å²) in [4.78, 5) is 4.26. The zero-order valence-corrected chi connectivity index (χ0v) is 12.0. The van der Waals surface area contributed by atoms with E-state index in [0.29, 0.717) is 0 Å². The highest BCUT2D eigenvalue weighted by Crippen LogP contribution is 2.27. The second kappa shape index (κ2) is 5.02. The first-order valence-electron chi connectivity index (χ1n) is 6.76. The van der Waals surface area contributed by atoms with Crippen molar-refractivity contribution in [3.8, 4) is 0 Å². The number of nitrogens with zero attached hydrogens (tertiary/aromatic N) is 2. The lowest BCUT2D eigenvalue weighted by Gasteiger charge is -2.26. The highest BCUT2D eigenvalue weighted by molar-refractivity contribution is 5.00. The van der Waals surface area contributed by atoms with Gasteiger partial charge in [0.1, 0.15) is 0 Å². The molecule has 1 aromatic rings. The Morgan fingerprint density at radius 1 is 1.50 bits per heavy atom. The van der Waals surface area contributed by atoms with Crippen molar-refractivity contribution in [1.82, 2.24) is 14.9 Å². The Morgan fingerprint density at radius 3 is 2.89 bits per heavy atom. The molecule has 0 spiro atoms. The minimum absolute atomic E-state index is 0.0167. The zero-order chi connectivity index (χ0) is 13.2. The van der Waals surface area contributed by atoms with Gasteiger partial charge in [-0.2, -0.15) is 0 Å². The van der Waals surface area contributed by atoms with E-state index in [2.05, 4.69) is 42.6 Å².